The van der Waals surface area contributed by atoms with Gasteiger partial charge in [-0.25, -0.2) is 9.97 Å². The summed E-state index contributed by atoms with van der Waals surface area (Å²) in [6.45, 7) is 1.73. The topological polar surface area (TPSA) is 91.3 Å². The number of methoxy groups -OCH3 is 1. The Morgan fingerprint density at radius 2 is 1.63 bits per heavy atom. The van der Waals surface area contributed by atoms with Gasteiger partial charge in [-0.2, -0.15) is 5.26 Å². The fraction of sp³-hybridized carbons (Fsp3) is 0.250. The molecule has 7 nitrogen and oxygen atoms in total. The molecule has 4 aromatic rings. The van der Waals surface area contributed by atoms with Gasteiger partial charge in [0.2, 0.25) is 0 Å². The van der Waals surface area contributed by atoms with Crippen LogP contribution in [0.15, 0.2) is 54.6 Å². The molecular weight excluding hydrogens is 436 g/mol. The summed E-state index contributed by atoms with van der Waals surface area (Å²) in [6, 6.07) is 20.5. The van der Waals surface area contributed by atoms with Crippen molar-refractivity contribution in [3.05, 3.63) is 60.2 Å². The molecule has 2 aromatic carbocycles. The summed E-state index contributed by atoms with van der Waals surface area (Å²) in [7, 11) is 5.67. The number of ether oxygens (including phenoxy) is 1. The van der Waals surface area contributed by atoms with Gasteiger partial charge < -0.3 is 20.3 Å². The number of nitrogen functional groups attached to an aromatic ring is 1. The SMILES string of the molecule is COc1ccc(-c2cc(-c3ccc(N(C)C)cc3)c3c(N)nc(N4CCCC4)c(C#N)c3n2)cc1. The van der Waals surface area contributed by atoms with Gasteiger partial charge in [0.15, 0.2) is 5.82 Å². The van der Waals surface area contributed by atoms with E-state index in [-0.39, 0.29) is 0 Å². The summed E-state index contributed by atoms with van der Waals surface area (Å²) in [4.78, 5) is 13.9. The first-order valence-electron chi connectivity index (χ1n) is 11.7. The highest BCUT2D eigenvalue weighted by Crippen LogP contribution is 2.39. The molecule has 0 bridgehead atoms. The monoisotopic (exact) mass is 464 g/mol. The normalized spacial score (nSPS) is 13.1. The summed E-state index contributed by atoms with van der Waals surface area (Å²) in [5.74, 6) is 1.79. The zero-order valence-corrected chi connectivity index (χ0v) is 20.2. The molecular formula is C28H28N6O. The molecule has 7 heteroatoms. The molecule has 0 atom stereocenters. The number of aromatic nitrogens is 2. The summed E-state index contributed by atoms with van der Waals surface area (Å²) in [6.07, 6.45) is 2.15. The number of benzene rings is 2. The molecule has 2 N–H and O–H groups in total. The molecule has 3 heterocycles. The van der Waals surface area contributed by atoms with Crippen LogP contribution < -0.4 is 20.3 Å². The van der Waals surface area contributed by atoms with E-state index in [1.54, 1.807) is 7.11 Å². The summed E-state index contributed by atoms with van der Waals surface area (Å²) in [5.41, 5.74) is 12.3. The first kappa shape index (κ1) is 22.5. The lowest BCUT2D eigenvalue weighted by Gasteiger charge is -2.21. The molecule has 176 valence electrons. The number of rotatable bonds is 5. The number of pyridine rings is 2. The predicted molar refractivity (Wildman–Crippen MR) is 142 cm³/mol. The van der Waals surface area contributed by atoms with E-state index in [0.717, 1.165) is 59.8 Å². The average molecular weight is 465 g/mol. The van der Waals surface area contributed by atoms with Crippen LogP contribution in [0.4, 0.5) is 17.3 Å². The van der Waals surface area contributed by atoms with E-state index in [4.69, 9.17) is 20.4 Å². The van der Waals surface area contributed by atoms with Gasteiger partial charge in [0, 0.05) is 38.4 Å². The fourth-order valence-electron chi connectivity index (χ4n) is 4.65. The van der Waals surface area contributed by atoms with Gasteiger partial charge in [-0.1, -0.05) is 12.1 Å². The highest BCUT2D eigenvalue weighted by atomic mass is 16.5. The van der Waals surface area contributed by atoms with Crippen molar-refractivity contribution in [2.75, 3.05) is 49.8 Å². The van der Waals surface area contributed by atoms with E-state index in [1.807, 2.05) is 44.4 Å². The van der Waals surface area contributed by atoms with Crippen molar-refractivity contribution < 1.29 is 4.74 Å². The van der Waals surface area contributed by atoms with Gasteiger partial charge >= 0.3 is 0 Å². The highest BCUT2D eigenvalue weighted by molar-refractivity contribution is 6.06. The molecule has 5 rings (SSSR count). The van der Waals surface area contributed by atoms with Crippen molar-refractivity contribution in [1.29, 1.82) is 5.26 Å². The minimum absolute atomic E-state index is 0.390. The van der Waals surface area contributed by atoms with Crippen molar-refractivity contribution in [1.82, 2.24) is 9.97 Å². The number of hydrogen-bond donors (Lipinski definition) is 1. The number of fused-ring (bicyclic) bond motifs is 1. The Kier molecular flexibility index (Phi) is 5.87. The first-order chi connectivity index (χ1) is 17.0. The minimum Gasteiger partial charge on any atom is -0.497 e. The number of nitrogens with two attached hydrogens (primary N) is 1. The molecule has 2 aromatic heterocycles. The molecule has 1 fully saturated rings. The molecule has 35 heavy (non-hydrogen) atoms. The number of hydrogen-bond acceptors (Lipinski definition) is 7. The lowest BCUT2D eigenvalue weighted by Crippen LogP contribution is -2.21. The number of nitrogens with zero attached hydrogens (tertiary/aromatic N) is 5. The van der Waals surface area contributed by atoms with E-state index in [2.05, 4.69) is 40.1 Å². The lowest BCUT2D eigenvalue weighted by atomic mass is 9.96. The Balaban J connectivity index is 1.80. The summed E-state index contributed by atoms with van der Waals surface area (Å²) < 4.78 is 5.33. The third-order valence-electron chi connectivity index (χ3n) is 6.56. The van der Waals surface area contributed by atoms with Crippen molar-refractivity contribution >= 4 is 28.2 Å². The third-order valence-corrected chi connectivity index (χ3v) is 6.56. The van der Waals surface area contributed by atoms with Crippen LogP contribution in [0.3, 0.4) is 0 Å². The van der Waals surface area contributed by atoms with E-state index in [9.17, 15) is 5.26 Å². The van der Waals surface area contributed by atoms with Crippen molar-refractivity contribution in [2.45, 2.75) is 12.8 Å². The van der Waals surface area contributed by atoms with Crippen LogP contribution >= 0.6 is 0 Å². The Labute approximate surface area is 205 Å². The number of nitriles is 1. The van der Waals surface area contributed by atoms with Crippen LogP contribution in [0.25, 0.3) is 33.3 Å². The van der Waals surface area contributed by atoms with Crippen LogP contribution in [-0.4, -0.2) is 44.3 Å². The molecule has 0 aliphatic carbocycles. The first-order valence-corrected chi connectivity index (χ1v) is 11.7. The van der Waals surface area contributed by atoms with E-state index < -0.39 is 0 Å². The Hall–Kier alpha value is -4.31. The van der Waals surface area contributed by atoms with Gasteiger partial charge in [-0.05, 0) is 66.4 Å². The fourth-order valence-corrected chi connectivity index (χ4v) is 4.65. The van der Waals surface area contributed by atoms with E-state index >= 15 is 0 Å². The van der Waals surface area contributed by atoms with Gasteiger partial charge in [0.25, 0.3) is 0 Å². The molecule has 0 spiro atoms. The van der Waals surface area contributed by atoms with Crippen LogP contribution in [0, 0.1) is 11.3 Å². The maximum absolute atomic E-state index is 10.2. The lowest BCUT2D eigenvalue weighted by molar-refractivity contribution is 0.415. The van der Waals surface area contributed by atoms with Crippen molar-refractivity contribution in [2.24, 2.45) is 0 Å². The smallest absolute Gasteiger partial charge is 0.151 e. The second-order valence-corrected chi connectivity index (χ2v) is 8.95. The van der Waals surface area contributed by atoms with Gasteiger partial charge in [-0.15, -0.1) is 0 Å². The maximum atomic E-state index is 10.2. The van der Waals surface area contributed by atoms with Gasteiger partial charge in [0.05, 0.1) is 23.7 Å². The Morgan fingerprint density at radius 1 is 0.971 bits per heavy atom. The van der Waals surface area contributed by atoms with Crippen LogP contribution in [0.5, 0.6) is 5.75 Å². The standard InChI is InChI=1S/C28H28N6O/c1-33(2)20-10-6-18(7-11-20)22-16-24(19-8-12-21(35-3)13-9-19)31-26-23(17-29)28(32-27(30)25(22)26)34-14-4-5-15-34/h6-13,16H,4-5,14-15H2,1-3H3,(H2,30,32). The van der Waals surface area contributed by atoms with Gasteiger partial charge in [0.1, 0.15) is 23.2 Å². The third kappa shape index (κ3) is 4.08. The zero-order valence-electron chi connectivity index (χ0n) is 20.2. The van der Waals surface area contributed by atoms with Crippen LogP contribution in [0.1, 0.15) is 18.4 Å². The van der Waals surface area contributed by atoms with Crippen LogP contribution in [-0.2, 0) is 0 Å². The zero-order chi connectivity index (χ0) is 24.5. The van der Waals surface area contributed by atoms with E-state index in [0.29, 0.717) is 28.1 Å². The Bertz CT molecular complexity index is 1420. The summed E-state index contributed by atoms with van der Waals surface area (Å²) >= 11 is 0. The molecule has 1 aliphatic rings. The van der Waals surface area contributed by atoms with Crippen molar-refractivity contribution in [3.8, 4) is 34.2 Å². The highest BCUT2D eigenvalue weighted by Gasteiger charge is 2.24. The molecule has 1 saturated heterocycles. The van der Waals surface area contributed by atoms with Crippen LogP contribution in [0.2, 0.25) is 0 Å². The van der Waals surface area contributed by atoms with Gasteiger partial charge in [-0.3, -0.25) is 0 Å². The molecule has 0 saturated carbocycles. The number of anilines is 3. The minimum atomic E-state index is 0.390. The second kappa shape index (κ2) is 9.15. The largest absolute Gasteiger partial charge is 0.497 e. The maximum Gasteiger partial charge on any atom is 0.151 e. The van der Waals surface area contributed by atoms with Crippen molar-refractivity contribution in [3.63, 3.8) is 0 Å². The Morgan fingerprint density at radius 3 is 2.23 bits per heavy atom. The van der Waals surface area contributed by atoms with E-state index in [1.165, 1.54) is 0 Å². The molecule has 0 unspecified atom stereocenters. The second-order valence-electron chi connectivity index (χ2n) is 8.95. The summed E-state index contributed by atoms with van der Waals surface area (Å²) in [5, 5.41) is 10.9. The molecule has 1 aliphatic heterocycles. The quantitative estimate of drug-likeness (QED) is 0.440. The average Bonchev–Trinajstić information content (AvgIpc) is 3.43. The molecule has 0 amide bonds. The predicted octanol–water partition coefficient (Wildman–Crippen LogP) is 5.09. The molecule has 0 radical (unpaired) electrons.